The van der Waals surface area contributed by atoms with Crippen molar-refractivity contribution in [1.29, 1.82) is 0 Å². The van der Waals surface area contributed by atoms with Crippen LogP contribution in [-0.2, 0) is 9.53 Å². The van der Waals surface area contributed by atoms with E-state index in [1.54, 1.807) is 0 Å². The van der Waals surface area contributed by atoms with Gasteiger partial charge in [-0.1, -0.05) is 0 Å². The average molecular weight is 230 g/mol. The molecule has 92 valence electrons. The summed E-state index contributed by atoms with van der Waals surface area (Å²) < 4.78 is 5.43. The number of hydrogen-bond donors (Lipinski definition) is 3. The standard InChI is InChI=1S/C10H18N2O4/c13-9(14)7-12-10(15)11-5-1-3-8-4-2-6-16-8/h8H,1-7H2,(H,13,14)(H2,11,12,15). The van der Waals surface area contributed by atoms with Crippen LogP contribution >= 0.6 is 0 Å². The predicted molar refractivity (Wildman–Crippen MR) is 57.2 cm³/mol. The summed E-state index contributed by atoms with van der Waals surface area (Å²) in [5, 5.41) is 13.1. The van der Waals surface area contributed by atoms with Crippen molar-refractivity contribution in [3.63, 3.8) is 0 Å². The maximum Gasteiger partial charge on any atom is 0.323 e. The van der Waals surface area contributed by atoms with Gasteiger partial charge < -0.3 is 20.5 Å². The van der Waals surface area contributed by atoms with Gasteiger partial charge in [-0.15, -0.1) is 0 Å². The van der Waals surface area contributed by atoms with E-state index in [1.807, 2.05) is 0 Å². The van der Waals surface area contributed by atoms with Gasteiger partial charge in [-0.25, -0.2) is 4.79 Å². The quantitative estimate of drug-likeness (QED) is 0.574. The number of ether oxygens (including phenoxy) is 1. The van der Waals surface area contributed by atoms with Crippen molar-refractivity contribution in [3.8, 4) is 0 Å². The molecule has 1 rings (SSSR count). The zero-order chi connectivity index (χ0) is 11.8. The van der Waals surface area contributed by atoms with Gasteiger partial charge in [-0.2, -0.15) is 0 Å². The maximum atomic E-state index is 11.0. The van der Waals surface area contributed by atoms with E-state index in [2.05, 4.69) is 10.6 Å². The number of carbonyl (C=O) groups excluding carboxylic acids is 1. The van der Waals surface area contributed by atoms with Crippen LogP contribution in [0.4, 0.5) is 4.79 Å². The molecule has 1 fully saturated rings. The molecule has 0 aromatic carbocycles. The molecule has 1 unspecified atom stereocenters. The summed E-state index contributed by atoms with van der Waals surface area (Å²) in [6, 6.07) is -0.435. The second-order valence-corrected chi connectivity index (χ2v) is 3.78. The first-order chi connectivity index (χ1) is 7.68. The third-order valence-electron chi connectivity index (χ3n) is 2.41. The van der Waals surface area contributed by atoms with Crippen LogP contribution in [-0.4, -0.2) is 42.9 Å². The van der Waals surface area contributed by atoms with Gasteiger partial charge in [0.05, 0.1) is 6.10 Å². The Balaban J connectivity index is 1.93. The normalized spacial score (nSPS) is 19.4. The minimum atomic E-state index is -1.05. The van der Waals surface area contributed by atoms with Crippen molar-refractivity contribution in [1.82, 2.24) is 10.6 Å². The van der Waals surface area contributed by atoms with Crippen LogP contribution in [0.2, 0.25) is 0 Å². The van der Waals surface area contributed by atoms with Gasteiger partial charge >= 0.3 is 12.0 Å². The summed E-state index contributed by atoms with van der Waals surface area (Å²) in [7, 11) is 0. The minimum Gasteiger partial charge on any atom is -0.480 e. The van der Waals surface area contributed by atoms with Crippen molar-refractivity contribution >= 4 is 12.0 Å². The van der Waals surface area contributed by atoms with Crippen LogP contribution in [0.3, 0.4) is 0 Å². The lowest BCUT2D eigenvalue weighted by Crippen LogP contribution is -2.38. The first-order valence-electron chi connectivity index (χ1n) is 5.53. The van der Waals surface area contributed by atoms with Crippen LogP contribution in [0.5, 0.6) is 0 Å². The molecule has 0 spiro atoms. The van der Waals surface area contributed by atoms with E-state index in [0.29, 0.717) is 12.6 Å². The monoisotopic (exact) mass is 230 g/mol. The Labute approximate surface area is 94.3 Å². The van der Waals surface area contributed by atoms with Crippen LogP contribution in [0.25, 0.3) is 0 Å². The van der Waals surface area contributed by atoms with Gasteiger partial charge in [-0.3, -0.25) is 4.79 Å². The van der Waals surface area contributed by atoms with Crippen molar-refractivity contribution < 1.29 is 19.4 Å². The predicted octanol–water partition coefficient (Wildman–Crippen LogP) is 0.329. The Morgan fingerprint density at radius 2 is 2.19 bits per heavy atom. The van der Waals surface area contributed by atoms with Crippen LogP contribution in [0.15, 0.2) is 0 Å². The number of amides is 2. The van der Waals surface area contributed by atoms with Gasteiger partial charge in [0.2, 0.25) is 0 Å². The number of carboxylic acids is 1. The molecule has 1 saturated heterocycles. The van der Waals surface area contributed by atoms with E-state index in [9.17, 15) is 9.59 Å². The van der Waals surface area contributed by atoms with E-state index in [1.165, 1.54) is 0 Å². The summed E-state index contributed by atoms with van der Waals surface area (Å²) in [4.78, 5) is 21.2. The summed E-state index contributed by atoms with van der Waals surface area (Å²) in [6.07, 6.45) is 4.36. The highest BCUT2D eigenvalue weighted by molar-refractivity contribution is 5.79. The fraction of sp³-hybridized carbons (Fsp3) is 0.800. The molecule has 3 N–H and O–H groups in total. The molecule has 6 nitrogen and oxygen atoms in total. The van der Waals surface area contributed by atoms with Crippen molar-refractivity contribution in [3.05, 3.63) is 0 Å². The van der Waals surface area contributed by atoms with E-state index < -0.39 is 12.0 Å². The van der Waals surface area contributed by atoms with Gasteiger partial charge in [0.1, 0.15) is 6.54 Å². The number of carboxylic acid groups (broad SMARTS) is 1. The molecule has 1 aliphatic rings. The third kappa shape index (κ3) is 5.55. The molecule has 0 aliphatic carbocycles. The number of urea groups is 1. The molecular formula is C10H18N2O4. The van der Waals surface area contributed by atoms with Crippen LogP contribution < -0.4 is 10.6 Å². The van der Waals surface area contributed by atoms with Gasteiger partial charge in [0.15, 0.2) is 0 Å². The molecule has 0 radical (unpaired) electrons. The summed E-state index contributed by atoms with van der Waals surface area (Å²) in [5.74, 6) is -1.05. The van der Waals surface area contributed by atoms with Crippen molar-refractivity contribution in [2.45, 2.75) is 31.8 Å². The van der Waals surface area contributed by atoms with E-state index in [-0.39, 0.29) is 6.54 Å². The molecule has 0 bridgehead atoms. The lowest BCUT2D eigenvalue weighted by molar-refractivity contribution is -0.135. The van der Waals surface area contributed by atoms with Gasteiger partial charge in [0, 0.05) is 13.2 Å². The number of hydrogen-bond acceptors (Lipinski definition) is 3. The SMILES string of the molecule is O=C(O)CNC(=O)NCCCC1CCCO1. The van der Waals surface area contributed by atoms with Gasteiger partial charge in [-0.05, 0) is 25.7 Å². The van der Waals surface area contributed by atoms with E-state index >= 15 is 0 Å². The highest BCUT2D eigenvalue weighted by Gasteiger charge is 2.14. The lowest BCUT2D eigenvalue weighted by atomic mass is 10.1. The molecule has 16 heavy (non-hydrogen) atoms. The Hall–Kier alpha value is -1.30. The van der Waals surface area contributed by atoms with Gasteiger partial charge in [0.25, 0.3) is 0 Å². The zero-order valence-corrected chi connectivity index (χ0v) is 9.20. The second kappa shape index (κ2) is 7.05. The Morgan fingerprint density at radius 1 is 1.38 bits per heavy atom. The van der Waals surface area contributed by atoms with Crippen LogP contribution in [0.1, 0.15) is 25.7 Å². The molecule has 0 aromatic heterocycles. The topological polar surface area (TPSA) is 87.7 Å². The highest BCUT2D eigenvalue weighted by Crippen LogP contribution is 2.16. The first-order valence-corrected chi connectivity index (χ1v) is 5.53. The minimum absolute atomic E-state index is 0.337. The Bertz CT molecular complexity index is 239. The summed E-state index contributed by atoms with van der Waals surface area (Å²) in [5.41, 5.74) is 0. The fourth-order valence-electron chi connectivity index (χ4n) is 1.62. The lowest BCUT2D eigenvalue weighted by Gasteiger charge is -2.09. The highest BCUT2D eigenvalue weighted by atomic mass is 16.5. The molecule has 1 heterocycles. The molecular weight excluding hydrogens is 212 g/mol. The van der Waals surface area contributed by atoms with E-state index in [0.717, 1.165) is 32.3 Å². The molecule has 1 aliphatic heterocycles. The summed E-state index contributed by atoms with van der Waals surface area (Å²) >= 11 is 0. The first kappa shape index (κ1) is 12.8. The Kier molecular flexibility index (Phi) is 5.63. The number of rotatable bonds is 6. The number of carbonyl (C=O) groups is 2. The number of aliphatic carboxylic acids is 1. The second-order valence-electron chi connectivity index (χ2n) is 3.78. The fourth-order valence-corrected chi connectivity index (χ4v) is 1.62. The van der Waals surface area contributed by atoms with Crippen molar-refractivity contribution in [2.24, 2.45) is 0 Å². The molecule has 0 aromatic rings. The molecule has 6 heteroatoms. The van der Waals surface area contributed by atoms with Crippen molar-refractivity contribution in [2.75, 3.05) is 19.7 Å². The third-order valence-corrected chi connectivity index (χ3v) is 2.41. The van der Waals surface area contributed by atoms with E-state index in [4.69, 9.17) is 9.84 Å². The maximum absolute atomic E-state index is 11.0. The smallest absolute Gasteiger partial charge is 0.323 e. The van der Waals surface area contributed by atoms with Crippen LogP contribution in [0, 0.1) is 0 Å². The Morgan fingerprint density at radius 3 is 2.81 bits per heavy atom. The zero-order valence-electron chi connectivity index (χ0n) is 9.20. The largest absolute Gasteiger partial charge is 0.480 e. The molecule has 1 atom stereocenters. The average Bonchev–Trinajstić information content (AvgIpc) is 2.74. The number of nitrogens with one attached hydrogen (secondary N) is 2. The molecule has 0 saturated carbocycles. The molecule has 2 amide bonds. The summed E-state index contributed by atoms with van der Waals surface area (Å²) in [6.45, 7) is 1.04.